The number of carbonyl (C=O) groups excluding carboxylic acids is 1. The number of benzene rings is 2. The molecule has 0 aliphatic heterocycles. The Balaban J connectivity index is 1.89. The van der Waals surface area contributed by atoms with Gasteiger partial charge in [-0.3, -0.25) is 4.79 Å². The maximum Gasteiger partial charge on any atom is 0.251 e. The van der Waals surface area contributed by atoms with Gasteiger partial charge in [0.25, 0.3) is 5.91 Å². The minimum Gasteiger partial charge on any atom is -0.440 e. The molecule has 0 aliphatic rings. The van der Waals surface area contributed by atoms with Crippen molar-refractivity contribution in [3.05, 3.63) is 71.4 Å². The van der Waals surface area contributed by atoms with E-state index < -0.39 is 10.6 Å². The van der Waals surface area contributed by atoms with Gasteiger partial charge in [-0.25, -0.2) is 4.98 Å². The van der Waals surface area contributed by atoms with Gasteiger partial charge < -0.3 is 30.0 Å². The summed E-state index contributed by atoms with van der Waals surface area (Å²) in [6.07, 6.45) is 1.56. The van der Waals surface area contributed by atoms with Crippen molar-refractivity contribution in [1.82, 2.24) is 15.3 Å². The van der Waals surface area contributed by atoms with E-state index in [9.17, 15) is 14.1 Å². The molecular formula is C23H23N6O3S-. The molecule has 170 valence electrons. The van der Waals surface area contributed by atoms with Crippen LogP contribution in [0, 0.1) is 16.6 Å². The normalized spacial score (nSPS) is 11.3. The van der Waals surface area contributed by atoms with E-state index in [1.807, 2.05) is 0 Å². The Hall–Kier alpha value is -3.94. The van der Waals surface area contributed by atoms with Crippen LogP contribution < -0.4 is 16.0 Å². The summed E-state index contributed by atoms with van der Waals surface area (Å²) in [5.41, 5.74) is 2.35. The number of hydrogen-bond donors (Lipinski definition) is 5. The van der Waals surface area contributed by atoms with E-state index in [1.165, 1.54) is 0 Å². The van der Waals surface area contributed by atoms with E-state index in [1.54, 1.807) is 68.7 Å². The van der Waals surface area contributed by atoms with Crippen molar-refractivity contribution in [3.8, 4) is 11.8 Å². The van der Waals surface area contributed by atoms with Crippen LogP contribution in [0.4, 0.5) is 17.5 Å². The molecule has 3 rings (SSSR count). The van der Waals surface area contributed by atoms with Crippen LogP contribution in [-0.4, -0.2) is 40.7 Å². The van der Waals surface area contributed by atoms with E-state index in [4.69, 9.17) is 4.78 Å². The van der Waals surface area contributed by atoms with Crippen LogP contribution in [0.1, 0.15) is 28.4 Å². The molecule has 0 bridgehead atoms. The van der Waals surface area contributed by atoms with E-state index in [0.717, 1.165) is 0 Å². The number of nitrogens with zero attached hydrogens (tertiary/aromatic N) is 2. The van der Waals surface area contributed by atoms with Crippen molar-refractivity contribution >= 4 is 34.0 Å². The monoisotopic (exact) mass is 463 g/mol. The summed E-state index contributed by atoms with van der Waals surface area (Å²) in [6.45, 7) is 1.71. The lowest BCUT2D eigenvalue weighted by molar-refractivity contribution is 0.0963. The zero-order valence-electron chi connectivity index (χ0n) is 18.0. The number of hydrogen-bond acceptors (Lipinski definition) is 9. The number of amides is 1. The van der Waals surface area contributed by atoms with Crippen molar-refractivity contribution in [2.24, 2.45) is 0 Å². The number of aliphatic hydroxyl groups excluding tert-OH is 1. The summed E-state index contributed by atoms with van der Waals surface area (Å²) >= 11 is 0. The molecule has 1 heterocycles. The van der Waals surface area contributed by atoms with Crippen LogP contribution in [0.3, 0.4) is 0 Å². The quantitative estimate of drug-likeness (QED) is 0.268. The van der Waals surface area contributed by atoms with Crippen LogP contribution in [0.2, 0.25) is 0 Å². The van der Waals surface area contributed by atoms with Gasteiger partial charge in [0.15, 0.2) is 0 Å². The number of aliphatic hydroxyl groups is 1. The third-order valence-electron chi connectivity index (χ3n) is 4.46. The molecule has 5 N–H and O–H groups in total. The number of aromatic nitrogens is 2. The molecule has 2 aromatic carbocycles. The minimum atomic E-state index is -1.80. The molecule has 0 saturated heterocycles. The highest BCUT2D eigenvalue weighted by atomic mass is 32.2. The van der Waals surface area contributed by atoms with E-state index >= 15 is 0 Å². The molecule has 3 aromatic rings. The van der Waals surface area contributed by atoms with Crippen LogP contribution in [0.5, 0.6) is 0 Å². The van der Waals surface area contributed by atoms with Gasteiger partial charge in [-0.05, 0) is 37.3 Å². The van der Waals surface area contributed by atoms with Gasteiger partial charge in [-0.15, -0.1) is 0 Å². The summed E-state index contributed by atoms with van der Waals surface area (Å²) in [5, 5.41) is 18.2. The molecule has 1 atom stereocenters. The van der Waals surface area contributed by atoms with Gasteiger partial charge in [0.1, 0.15) is 5.82 Å². The summed E-state index contributed by atoms with van der Waals surface area (Å²) in [6, 6.07) is 13.2. The fourth-order valence-electron chi connectivity index (χ4n) is 2.74. The number of rotatable bonds is 7. The molecule has 0 aliphatic carbocycles. The lowest BCUT2D eigenvalue weighted by Gasteiger charge is -2.14. The summed E-state index contributed by atoms with van der Waals surface area (Å²) in [7, 11) is -0.234. The molecular weight excluding hydrogens is 440 g/mol. The first kappa shape index (κ1) is 23.7. The molecule has 33 heavy (non-hydrogen) atoms. The third-order valence-corrected chi connectivity index (χ3v) is 5.16. The summed E-state index contributed by atoms with van der Waals surface area (Å²) in [5.74, 6) is 6.58. The maximum absolute atomic E-state index is 11.8. The van der Waals surface area contributed by atoms with Crippen molar-refractivity contribution in [3.63, 3.8) is 0 Å². The SMILES string of the molecule is CNC(=O)c1cccc(C#Cc2cnc(Nc3ccc([S-](=N)=O)cc3)nc2N[C@H](C)CO)c1. The molecule has 0 radical (unpaired) electrons. The van der Waals surface area contributed by atoms with Gasteiger partial charge >= 0.3 is 0 Å². The van der Waals surface area contributed by atoms with Crippen LogP contribution in [-0.2, 0) is 14.8 Å². The zero-order valence-corrected chi connectivity index (χ0v) is 18.9. The molecule has 0 unspecified atom stereocenters. The predicted octanol–water partition coefficient (Wildman–Crippen LogP) is 2.86. The Morgan fingerprint density at radius 1 is 1.21 bits per heavy atom. The maximum atomic E-state index is 11.8. The number of nitrogens with one attached hydrogen (secondary N) is 4. The third kappa shape index (κ3) is 6.52. The van der Waals surface area contributed by atoms with Crippen molar-refractivity contribution in [1.29, 1.82) is 4.78 Å². The van der Waals surface area contributed by atoms with Crippen molar-refractivity contribution < 1.29 is 14.1 Å². The van der Waals surface area contributed by atoms with E-state index in [0.29, 0.717) is 39.0 Å². The molecule has 0 saturated carbocycles. The highest BCUT2D eigenvalue weighted by molar-refractivity contribution is 7.73. The first-order valence-corrected chi connectivity index (χ1v) is 11.1. The first-order valence-electron chi connectivity index (χ1n) is 9.98. The summed E-state index contributed by atoms with van der Waals surface area (Å²) in [4.78, 5) is 21.0. The van der Waals surface area contributed by atoms with Crippen LogP contribution in [0.25, 0.3) is 0 Å². The van der Waals surface area contributed by atoms with Crippen LogP contribution >= 0.6 is 0 Å². The standard InChI is InChI=1S/C23H23N6O3S/c1-15(14-30)27-21-18(7-6-16-4-3-5-17(12-16)22(31)25-2)13-26-23(29-21)28-19-8-10-20(11-9-19)33(24)32/h3-5,8-13,15,24,30H,14H2,1-2H3,(H,25,31)(H2,26,27,28,29)/q-1/t15-/m1/s1. The minimum absolute atomic E-state index is 0.0977. The molecule has 0 fully saturated rings. The largest absolute Gasteiger partial charge is 0.440 e. The fourth-order valence-corrected chi connectivity index (χ4v) is 3.12. The Kier molecular flexibility index (Phi) is 7.96. The second-order valence-electron chi connectivity index (χ2n) is 7.01. The van der Waals surface area contributed by atoms with Gasteiger partial charge in [-0.2, -0.15) is 15.6 Å². The Bertz CT molecular complexity index is 1270. The van der Waals surface area contributed by atoms with E-state index in [-0.39, 0.29) is 18.6 Å². The number of carbonyl (C=O) groups is 1. The molecule has 9 nitrogen and oxygen atoms in total. The van der Waals surface area contributed by atoms with Gasteiger partial charge in [0, 0.05) is 29.9 Å². The molecule has 1 aromatic heterocycles. The smallest absolute Gasteiger partial charge is 0.251 e. The van der Waals surface area contributed by atoms with Gasteiger partial charge in [0.2, 0.25) is 5.95 Å². The van der Waals surface area contributed by atoms with Gasteiger partial charge in [-0.1, -0.05) is 34.9 Å². The van der Waals surface area contributed by atoms with Crippen molar-refractivity contribution in [2.45, 2.75) is 17.9 Å². The average molecular weight is 464 g/mol. The zero-order chi connectivity index (χ0) is 23.8. The van der Waals surface area contributed by atoms with Crippen LogP contribution in [0.15, 0.2) is 59.6 Å². The highest BCUT2D eigenvalue weighted by Gasteiger charge is 2.09. The topological polar surface area (TPSA) is 140 Å². The summed E-state index contributed by atoms with van der Waals surface area (Å²) < 4.78 is 18.5. The Morgan fingerprint density at radius 2 is 1.97 bits per heavy atom. The molecule has 10 heteroatoms. The Morgan fingerprint density at radius 3 is 2.64 bits per heavy atom. The lowest BCUT2D eigenvalue weighted by atomic mass is 10.1. The highest BCUT2D eigenvalue weighted by Crippen LogP contribution is 2.19. The van der Waals surface area contributed by atoms with Gasteiger partial charge in [0.05, 0.1) is 18.4 Å². The lowest BCUT2D eigenvalue weighted by Crippen LogP contribution is -2.21. The number of anilines is 3. The van der Waals surface area contributed by atoms with E-state index in [2.05, 4.69) is 37.8 Å². The average Bonchev–Trinajstić information content (AvgIpc) is 2.83. The Labute approximate surface area is 193 Å². The second-order valence-corrected chi connectivity index (χ2v) is 8.02. The predicted molar refractivity (Wildman–Crippen MR) is 127 cm³/mol. The fraction of sp³-hybridized carbons (Fsp3) is 0.174. The van der Waals surface area contributed by atoms with Crippen molar-refractivity contribution in [2.75, 3.05) is 24.3 Å². The first-order chi connectivity index (χ1) is 15.9. The molecule has 0 spiro atoms. The second kappa shape index (κ2) is 11.1. The molecule has 1 amide bonds.